The second kappa shape index (κ2) is 11.1. The number of halogens is 2. The van der Waals surface area contributed by atoms with Crippen molar-refractivity contribution in [3.63, 3.8) is 0 Å². The number of hydrogen-bond donors (Lipinski definition) is 2. The first-order chi connectivity index (χ1) is 17.9. The van der Waals surface area contributed by atoms with Crippen molar-refractivity contribution in [2.45, 2.75) is 18.9 Å². The molecular weight excluding hydrogens is 552 g/mol. The molecule has 0 aliphatic carbocycles. The molecule has 1 aliphatic heterocycles. The van der Waals surface area contributed by atoms with Gasteiger partial charge >= 0.3 is 0 Å². The number of benzodiazepines with no additional fused rings is 1. The first kappa shape index (κ1) is 24.9. The van der Waals surface area contributed by atoms with Gasteiger partial charge < -0.3 is 10.6 Å². The lowest BCUT2D eigenvalue weighted by Gasteiger charge is -2.12. The highest BCUT2D eigenvalue weighted by atomic mass is 79.9. The lowest BCUT2D eigenvalue weighted by molar-refractivity contribution is -0.117. The third kappa shape index (κ3) is 6.13. The minimum absolute atomic E-state index is 0.128. The number of benzene rings is 3. The van der Waals surface area contributed by atoms with Crippen LogP contribution in [0.3, 0.4) is 0 Å². The fraction of sp³-hybridized carbons (Fsp3) is 0.103. The Labute approximate surface area is 227 Å². The monoisotopic (exact) mass is 572 g/mol. The number of rotatable bonds is 6. The fourth-order valence-corrected chi connectivity index (χ4v) is 4.58. The van der Waals surface area contributed by atoms with Crippen LogP contribution in [0.15, 0.2) is 101 Å². The lowest BCUT2D eigenvalue weighted by Crippen LogP contribution is -2.27. The van der Waals surface area contributed by atoms with Gasteiger partial charge in [0.05, 0.1) is 17.8 Å². The van der Waals surface area contributed by atoms with Crippen molar-refractivity contribution in [2.24, 2.45) is 4.99 Å². The third-order valence-electron chi connectivity index (χ3n) is 5.95. The van der Waals surface area contributed by atoms with Crippen LogP contribution >= 0.6 is 27.5 Å². The molecule has 1 atom stereocenters. The Kier molecular flexibility index (Phi) is 7.44. The van der Waals surface area contributed by atoms with E-state index in [4.69, 9.17) is 16.6 Å². The molecule has 37 heavy (non-hydrogen) atoms. The molecule has 1 aliphatic rings. The zero-order chi connectivity index (χ0) is 25.8. The Bertz CT molecular complexity index is 1470. The largest absolute Gasteiger partial charge is 0.326 e. The van der Waals surface area contributed by atoms with Gasteiger partial charge in [0.2, 0.25) is 11.8 Å². The number of pyridine rings is 1. The van der Waals surface area contributed by atoms with E-state index in [1.165, 1.54) is 0 Å². The van der Waals surface area contributed by atoms with E-state index in [0.29, 0.717) is 28.5 Å². The van der Waals surface area contributed by atoms with Crippen LogP contribution in [-0.4, -0.2) is 28.6 Å². The molecule has 0 saturated heterocycles. The van der Waals surface area contributed by atoms with Crippen LogP contribution in [0.25, 0.3) is 0 Å². The molecule has 3 aromatic carbocycles. The molecule has 0 radical (unpaired) electrons. The van der Waals surface area contributed by atoms with Gasteiger partial charge in [0.25, 0.3) is 0 Å². The number of nitrogens with zero attached hydrogens (tertiary/aromatic N) is 2. The van der Waals surface area contributed by atoms with Crippen LogP contribution in [0.5, 0.6) is 0 Å². The maximum atomic E-state index is 13.1. The number of carbonyl (C=O) groups excluding carboxylic acids is 2. The van der Waals surface area contributed by atoms with E-state index in [1.54, 1.807) is 30.6 Å². The van der Waals surface area contributed by atoms with Crippen LogP contribution in [0.4, 0.5) is 11.4 Å². The third-order valence-corrected chi connectivity index (χ3v) is 6.72. The van der Waals surface area contributed by atoms with Crippen molar-refractivity contribution in [1.82, 2.24) is 4.98 Å². The lowest BCUT2D eigenvalue weighted by atomic mass is 10.00. The molecular formula is C29H22BrClN4O2. The molecule has 6 nitrogen and oxygen atoms in total. The zero-order valence-corrected chi connectivity index (χ0v) is 22.0. The van der Waals surface area contributed by atoms with E-state index in [0.717, 1.165) is 26.7 Å². The number of nitrogens with one attached hydrogen (secondary N) is 2. The standard InChI is InChI=1S/C29H22BrClN4O2/c30-21-7-3-18(4-8-21)14-26-29(37)35-25-16-22(31)9-12-24(25)28(34-26)20-5-10-23(11-6-20)33-27(36)15-19-2-1-13-32-17-19/h1-13,16-17,26H,14-15H2,(H,33,36)(H,35,37). The zero-order valence-electron chi connectivity index (χ0n) is 19.6. The molecule has 2 heterocycles. The number of anilines is 2. The molecule has 1 unspecified atom stereocenters. The van der Waals surface area contributed by atoms with Gasteiger partial charge in [-0.15, -0.1) is 0 Å². The van der Waals surface area contributed by atoms with Gasteiger partial charge in [-0.3, -0.25) is 19.6 Å². The number of fused-ring (bicyclic) bond motifs is 1. The Balaban J connectivity index is 1.43. The average molecular weight is 574 g/mol. The smallest absolute Gasteiger partial charge is 0.249 e. The molecule has 8 heteroatoms. The summed E-state index contributed by atoms with van der Waals surface area (Å²) in [5.41, 5.74) is 5.42. The van der Waals surface area contributed by atoms with Crippen molar-refractivity contribution in [1.29, 1.82) is 0 Å². The number of amides is 2. The molecule has 0 spiro atoms. The summed E-state index contributed by atoms with van der Waals surface area (Å²) in [6.45, 7) is 0. The molecule has 5 rings (SSSR count). The summed E-state index contributed by atoms with van der Waals surface area (Å²) in [6, 6.07) is 23.7. The summed E-state index contributed by atoms with van der Waals surface area (Å²) < 4.78 is 0.973. The molecule has 1 aromatic heterocycles. The van der Waals surface area contributed by atoms with Gasteiger partial charge in [0.15, 0.2) is 0 Å². The Hall–Kier alpha value is -3.81. The summed E-state index contributed by atoms with van der Waals surface area (Å²) in [7, 11) is 0. The summed E-state index contributed by atoms with van der Waals surface area (Å²) in [4.78, 5) is 34.6. The molecule has 184 valence electrons. The Morgan fingerprint density at radius 2 is 1.78 bits per heavy atom. The van der Waals surface area contributed by atoms with Gasteiger partial charge in [0.1, 0.15) is 6.04 Å². The van der Waals surface area contributed by atoms with Crippen molar-refractivity contribution >= 4 is 56.4 Å². The highest BCUT2D eigenvalue weighted by Gasteiger charge is 2.26. The second-order valence-corrected chi connectivity index (χ2v) is 10.0. The van der Waals surface area contributed by atoms with E-state index >= 15 is 0 Å². The molecule has 4 aromatic rings. The highest BCUT2D eigenvalue weighted by molar-refractivity contribution is 9.10. The maximum Gasteiger partial charge on any atom is 0.249 e. The first-order valence-corrected chi connectivity index (χ1v) is 12.8. The predicted molar refractivity (Wildman–Crippen MR) is 150 cm³/mol. The summed E-state index contributed by atoms with van der Waals surface area (Å²) >= 11 is 9.69. The first-order valence-electron chi connectivity index (χ1n) is 11.7. The van der Waals surface area contributed by atoms with Crippen molar-refractivity contribution in [3.05, 3.63) is 123 Å². The summed E-state index contributed by atoms with van der Waals surface area (Å²) in [6.07, 6.45) is 4.04. The molecule has 0 bridgehead atoms. The average Bonchev–Trinajstić information content (AvgIpc) is 3.02. The van der Waals surface area contributed by atoms with E-state index in [1.807, 2.05) is 60.7 Å². The fourth-order valence-electron chi connectivity index (χ4n) is 4.14. The van der Waals surface area contributed by atoms with Crippen LogP contribution in [0.1, 0.15) is 22.3 Å². The van der Waals surface area contributed by atoms with Gasteiger partial charge in [-0.1, -0.05) is 57.9 Å². The number of aromatic nitrogens is 1. The summed E-state index contributed by atoms with van der Waals surface area (Å²) in [5, 5.41) is 6.44. The van der Waals surface area contributed by atoms with Gasteiger partial charge in [-0.25, -0.2) is 0 Å². The maximum absolute atomic E-state index is 13.1. The second-order valence-electron chi connectivity index (χ2n) is 8.67. The number of aliphatic imine (C=N–C) groups is 1. The minimum Gasteiger partial charge on any atom is -0.326 e. The van der Waals surface area contributed by atoms with Crippen LogP contribution < -0.4 is 10.6 Å². The predicted octanol–water partition coefficient (Wildman–Crippen LogP) is 6.08. The van der Waals surface area contributed by atoms with Crippen LogP contribution in [0.2, 0.25) is 5.02 Å². The molecule has 2 amide bonds. The van der Waals surface area contributed by atoms with Crippen molar-refractivity contribution < 1.29 is 9.59 Å². The van der Waals surface area contributed by atoms with Crippen molar-refractivity contribution in [3.8, 4) is 0 Å². The Morgan fingerprint density at radius 1 is 1.00 bits per heavy atom. The van der Waals surface area contributed by atoms with Gasteiger partial charge in [-0.2, -0.15) is 0 Å². The molecule has 2 N–H and O–H groups in total. The normalized spacial score (nSPS) is 14.7. The van der Waals surface area contributed by atoms with E-state index < -0.39 is 6.04 Å². The van der Waals surface area contributed by atoms with E-state index in [9.17, 15) is 9.59 Å². The minimum atomic E-state index is -0.624. The van der Waals surface area contributed by atoms with Gasteiger partial charge in [0, 0.05) is 45.1 Å². The number of hydrogen-bond acceptors (Lipinski definition) is 4. The topological polar surface area (TPSA) is 83.5 Å². The van der Waals surface area contributed by atoms with Crippen LogP contribution in [-0.2, 0) is 22.4 Å². The van der Waals surface area contributed by atoms with Crippen LogP contribution in [0, 0.1) is 0 Å². The van der Waals surface area contributed by atoms with Crippen molar-refractivity contribution in [2.75, 3.05) is 10.6 Å². The molecule has 0 fully saturated rings. The highest BCUT2D eigenvalue weighted by Crippen LogP contribution is 2.29. The summed E-state index contributed by atoms with van der Waals surface area (Å²) in [5.74, 6) is -0.322. The van der Waals surface area contributed by atoms with Gasteiger partial charge in [-0.05, 0) is 59.7 Å². The SMILES string of the molecule is O=C(Cc1cccnc1)Nc1ccc(C2=NC(Cc3ccc(Br)cc3)C(=O)Nc3cc(Cl)ccc32)cc1. The van der Waals surface area contributed by atoms with E-state index in [-0.39, 0.29) is 18.2 Å². The quantitative estimate of drug-likeness (QED) is 0.293. The number of carbonyl (C=O) groups is 2. The van der Waals surface area contributed by atoms with E-state index in [2.05, 4.69) is 31.5 Å². The molecule has 0 saturated carbocycles. The Morgan fingerprint density at radius 3 is 2.51 bits per heavy atom.